The molecule has 0 unspecified atom stereocenters. The average molecular weight is 276 g/mol. The molecule has 0 atom stereocenters. The Morgan fingerprint density at radius 1 is 1.30 bits per heavy atom. The summed E-state index contributed by atoms with van der Waals surface area (Å²) in [7, 11) is 1.89. The number of carboxylic acids is 1. The Balaban J connectivity index is 1.71. The van der Waals surface area contributed by atoms with Gasteiger partial charge in [-0.2, -0.15) is 0 Å². The van der Waals surface area contributed by atoms with Crippen LogP contribution in [-0.4, -0.2) is 54.1 Å². The van der Waals surface area contributed by atoms with Gasteiger partial charge in [0.05, 0.1) is 6.54 Å². The first-order valence-corrected chi connectivity index (χ1v) is 7.30. The van der Waals surface area contributed by atoms with Crippen LogP contribution in [0.1, 0.15) is 18.4 Å². The normalized spacial score (nSPS) is 17.5. The predicted octanol–water partition coefficient (Wildman–Crippen LogP) is 1.91. The fraction of sp³-hybridized carbons (Fsp3) is 0.562. The van der Waals surface area contributed by atoms with Crippen molar-refractivity contribution in [3.8, 4) is 0 Å². The molecular weight excluding hydrogens is 252 g/mol. The van der Waals surface area contributed by atoms with Crippen molar-refractivity contribution in [3.63, 3.8) is 0 Å². The summed E-state index contributed by atoms with van der Waals surface area (Å²) in [5.41, 5.74) is 1.37. The highest BCUT2D eigenvalue weighted by molar-refractivity contribution is 5.68. The largest absolute Gasteiger partial charge is 0.480 e. The minimum Gasteiger partial charge on any atom is -0.480 e. The molecule has 1 N–H and O–H groups in total. The zero-order valence-electron chi connectivity index (χ0n) is 12.2. The van der Waals surface area contributed by atoms with Crippen molar-refractivity contribution in [1.82, 2.24) is 9.80 Å². The summed E-state index contributed by atoms with van der Waals surface area (Å²) in [4.78, 5) is 15.1. The maximum Gasteiger partial charge on any atom is 0.317 e. The maximum atomic E-state index is 10.7. The van der Waals surface area contributed by atoms with Crippen LogP contribution in [0.3, 0.4) is 0 Å². The summed E-state index contributed by atoms with van der Waals surface area (Å²) in [6.45, 7) is 4.29. The second-order valence-corrected chi connectivity index (χ2v) is 5.80. The number of hydrogen-bond donors (Lipinski definition) is 1. The van der Waals surface area contributed by atoms with Crippen molar-refractivity contribution in [3.05, 3.63) is 35.9 Å². The summed E-state index contributed by atoms with van der Waals surface area (Å²) in [6.07, 6.45) is 2.33. The molecule has 4 nitrogen and oxygen atoms in total. The summed E-state index contributed by atoms with van der Waals surface area (Å²) in [6, 6.07) is 10.6. The molecule has 0 aromatic heterocycles. The molecule has 1 fully saturated rings. The number of hydrogen-bond acceptors (Lipinski definition) is 3. The van der Waals surface area contributed by atoms with E-state index in [1.807, 2.05) is 18.0 Å². The van der Waals surface area contributed by atoms with Crippen LogP contribution in [0.15, 0.2) is 30.3 Å². The zero-order chi connectivity index (χ0) is 14.4. The van der Waals surface area contributed by atoms with E-state index in [0.29, 0.717) is 5.92 Å². The molecule has 0 aliphatic carbocycles. The Hall–Kier alpha value is -1.39. The highest BCUT2D eigenvalue weighted by Gasteiger charge is 2.20. The van der Waals surface area contributed by atoms with Gasteiger partial charge in [0, 0.05) is 13.1 Å². The molecule has 20 heavy (non-hydrogen) atoms. The lowest BCUT2D eigenvalue weighted by atomic mass is 9.96. The van der Waals surface area contributed by atoms with Gasteiger partial charge in [0.25, 0.3) is 0 Å². The van der Waals surface area contributed by atoms with Gasteiger partial charge in [-0.15, -0.1) is 0 Å². The van der Waals surface area contributed by atoms with Crippen molar-refractivity contribution in [2.24, 2.45) is 5.92 Å². The van der Waals surface area contributed by atoms with Crippen molar-refractivity contribution in [2.75, 3.05) is 33.2 Å². The second kappa shape index (κ2) is 7.41. The number of piperidine rings is 1. The lowest BCUT2D eigenvalue weighted by Gasteiger charge is -2.33. The monoisotopic (exact) mass is 276 g/mol. The van der Waals surface area contributed by atoms with Gasteiger partial charge >= 0.3 is 5.97 Å². The quantitative estimate of drug-likeness (QED) is 0.862. The number of benzene rings is 1. The number of rotatable bonds is 6. The van der Waals surface area contributed by atoms with Crippen molar-refractivity contribution in [2.45, 2.75) is 19.4 Å². The Labute approximate surface area is 121 Å². The maximum absolute atomic E-state index is 10.7. The summed E-state index contributed by atoms with van der Waals surface area (Å²) in [5.74, 6) is -0.111. The molecule has 110 valence electrons. The first kappa shape index (κ1) is 15.0. The first-order chi connectivity index (χ1) is 9.63. The molecule has 2 rings (SSSR count). The van der Waals surface area contributed by atoms with Crippen molar-refractivity contribution < 1.29 is 9.90 Å². The first-order valence-electron chi connectivity index (χ1n) is 7.30. The van der Waals surface area contributed by atoms with E-state index in [2.05, 4.69) is 29.2 Å². The number of likely N-dealkylation sites (N-methyl/N-ethyl adjacent to an activating group) is 1. The Morgan fingerprint density at radius 2 is 1.95 bits per heavy atom. The number of nitrogens with zero attached hydrogens (tertiary/aromatic N) is 2. The second-order valence-electron chi connectivity index (χ2n) is 5.80. The van der Waals surface area contributed by atoms with Gasteiger partial charge < -0.3 is 5.11 Å². The van der Waals surface area contributed by atoms with Crippen LogP contribution in [0.5, 0.6) is 0 Å². The van der Waals surface area contributed by atoms with Crippen LogP contribution in [0, 0.1) is 5.92 Å². The predicted molar refractivity (Wildman–Crippen MR) is 79.6 cm³/mol. The van der Waals surface area contributed by atoms with E-state index in [1.165, 1.54) is 5.56 Å². The Bertz CT molecular complexity index is 414. The SMILES string of the molecule is CN(CC(=O)O)CC1CCN(Cc2ccccc2)CC1. The number of likely N-dealkylation sites (tertiary alicyclic amines) is 1. The molecule has 0 radical (unpaired) electrons. The molecular formula is C16H24N2O2. The van der Waals surface area contributed by atoms with Gasteiger partial charge in [0.1, 0.15) is 0 Å². The van der Waals surface area contributed by atoms with Crippen LogP contribution < -0.4 is 0 Å². The molecule has 0 bridgehead atoms. The molecule has 1 aromatic rings. The molecule has 1 aromatic carbocycles. The van der Waals surface area contributed by atoms with E-state index in [-0.39, 0.29) is 6.54 Å². The third kappa shape index (κ3) is 4.94. The lowest BCUT2D eigenvalue weighted by Crippen LogP contribution is -2.38. The minimum atomic E-state index is -0.742. The smallest absolute Gasteiger partial charge is 0.317 e. The molecule has 0 amide bonds. The third-order valence-electron chi connectivity index (χ3n) is 3.93. The number of carboxylic acid groups (broad SMARTS) is 1. The lowest BCUT2D eigenvalue weighted by molar-refractivity contribution is -0.138. The van der Waals surface area contributed by atoms with E-state index >= 15 is 0 Å². The fourth-order valence-corrected chi connectivity index (χ4v) is 2.90. The number of aliphatic carboxylic acids is 1. The topological polar surface area (TPSA) is 43.8 Å². The van der Waals surface area contributed by atoms with Crippen LogP contribution >= 0.6 is 0 Å². The summed E-state index contributed by atoms with van der Waals surface area (Å²) < 4.78 is 0. The highest BCUT2D eigenvalue weighted by Crippen LogP contribution is 2.19. The van der Waals surface area contributed by atoms with Gasteiger partial charge in [0.2, 0.25) is 0 Å². The minimum absolute atomic E-state index is 0.143. The van der Waals surface area contributed by atoms with E-state index in [0.717, 1.165) is 39.0 Å². The van der Waals surface area contributed by atoms with Crippen molar-refractivity contribution in [1.29, 1.82) is 0 Å². The number of carbonyl (C=O) groups is 1. The van der Waals surface area contributed by atoms with Crippen molar-refractivity contribution >= 4 is 5.97 Å². The Morgan fingerprint density at radius 3 is 2.55 bits per heavy atom. The molecule has 1 aliphatic heterocycles. The molecule has 1 saturated heterocycles. The highest BCUT2D eigenvalue weighted by atomic mass is 16.4. The van der Waals surface area contributed by atoms with E-state index < -0.39 is 5.97 Å². The van der Waals surface area contributed by atoms with Gasteiger partial charge in [0.15, 0.2) is 0 Å². The van der Waals surface area contributed by atoms with E-state index in [4.69, 9.17) is 5.11 Å². The fourth-order valence-electron chi connectivity index (χ4n) is 2.90. The van der Waals surface area contributed by atoms with Crippen LogP contribution in [0.25, 0.3) is 0 Å². The standard InChI is InChI=1S/C16H24N2O2/c1-17(13-16(19)20)11-15-7-9-18(10-8-15)12-14-5-3-2-4-6-14/h2-6,15H,7-13H2,1H3,(H,19,20). The van der Waals surface area contributed by atoms with Gasteiger partial charge in [-0.25, -0.2) is 0 Å². The molecule has 1 aliphatic rings. The third-order valence-corrected chi connectivity index (χ3v) is 3.93. The van der Waals surface area contributed by atoms with Crippen LogP contribution in [-0.2, 0) is 11.3 Å². The average Bonchev–Trinajstić information content (AvgIpc) is 2.41. The van der Waals surface area contributed by atoms with Crippen LogP contribution in [0.4, 0.5) is 0 Å². The Kier molecular flexibility index (Phi) is 5.56. The molecule has 0 saturated carbocycles. The summed E-state index contributed by atoms with van der Waals surface area (Å²) in [5, 5.41) is 8.77. The molecule has 4 heteroatoms. The van der Waals surface area contributed by atoms with Gasteiger partial charge in [-0.05, 0) is 44.5 Å². The van der Waals surface area contributed by atoms with E-state index in [1.54, 1.807) is 0 Å². The van der Waals surface area contributed by atoms with Gasteiger partial charge in [-0.1, -0.05) is 30.3 Å². The summed E-state index contributed by atoms with van der Waals surface area (Å²) >= 11 is 0. The molecule has 0 spiro atoms. The zero-order valence-corrected chi connectivity index (χ0v) is 12.2. The van der Waals surface area contributed by atoms with E-state index in [9.17, 15) is 4.79 Å². The molecule has 1 heterocycles. The van der Waals surface area contributed by atoms with Crippen LogP contribution in [0.2, 0.25) is 0 Å². The van der Waals surface area contributed by atoms with Gasteiger partial charge in [-0.3, -0.25) is 14.6 Å².